The number of nitrogens with two attached hydrogens (primary N) is 1. The second-order valence-corrected chi connectivity index (χ2v) is 8.08. The van der Waals surface area contributed by atoms with Gasteiger partial charge in [-0.2, -0.15) is 0 Å². The molecule has 2 aliphatic heterocycles. The molecule has 6 nitrogen and oxygen atoms in total. The Bertz CT molecular complexity index is 880. The molecule has 1 amide bonds. The van der Waals surface area contributed by atoms with E-state index in [1.165, 1.54) is 11.1 Å². The smallest absolute Gasteiger partial charge is 0.239 e. The quantitative estimate of drug-likeness (QED) is 0.531. The highest BCUT2D eigenvalue weighted by atomic mass is 16.2. The molecule has 2 atom stereocenters. The van der Waals surface area contributed by atoms with Gasteiger partial charge in [-0.1, -0.05) is 12.1 Å². The summed E-state index contributed by atoms with van der Waals surface area (Å²) in [5.74, 6) is 0.412. The molecule has 0 bridgehead atoms. The molecule has 3 heterocycles. The number of amidine groups is 1. The number of nitrogens with zero attached hydrogens (tertiary/aromatic N) is 2. The zero-order valence-electron chi connectivity index (χ0n) is 16.7. The molecule has 0 aliphatic carbocycles. The molecule has 0 saturated carbocycles. The van der Waals surface area contributed by atoms with E-state index in [1.807, 2.05) is 12.1 Å². The maximum atomic E-state index is 12.9. The standard InChI is InChI=1S/C22H31N5O/c1-2-26-18(13-15-7-8-16(21(23)24)14-20(15)26)10-9-17-5-4-12-27(17)22(28)19-6-3-11-25-19/h7-8,13-14,17,19,25H,2-6,9-12H2,1H3,(H3,23,24). The summed E-state index contributed by atoms with van der Waals surface area (Å²) < 4.78 is 2.32. The summed E-state index contributed by atoms with van der Waals surface area (Å²) in [6.45, 7) is 4.91. The van der Waals surface area contributed by atoms with Gasteiger partial charge in [-0.25, -0.2) is 0 Å². The van der Waals surface area contributed by atoms with E-state index in [-0.39, 0.29) is 11.9 Å². The van der Waals surface area contributed by atoms with Crippen LogP contribution in [0.25, 0.3) is 10.9 Å². The van der Waals surface area contributed by atoms with Gasteiger partial charge in [0, 0.05) is 35.9 Å². The van der Waals surface area contributed by atoms with Crippen molar-refractivity contribution in [2.45, 2.75) is 64.1 Å². The van der Waals surface area contributed by atoms with Crippen LogP contribution in [-0.4, -0.2) is 46.4 Å². The molecular formula is C22H31N5O. The fraction of sp³-hybridized carbons (Fsp3) is 0.545. The van der Waals surface area contributed by atoms with E-state index in [0.29, 0.717) is 11.9 Å². The average molecular weight is 382 g/mol. The second kappa shape index (κ2) is 7.95. The molecule has 0 radical (unpaired) electrons. The first-order chi connectivity index (χ1) is 13.6. The molecule has 2 aliphatic rings. The van der Waals surface area contributed by atoms with Gasteiger partial charge in [0.2, 0.25) is 5.91 Å². The summed E-state index contributed by atoms with van der Waals surface area (Å²) in [4.78, 5) is 15.0. The SMILES string of the molecule is CCn1c(CCC2CCCN2C(=O)C2CCCN2)cc2ccc(C(=N)N)cc21. The number of benzene rings is 1. The highest BCUT2D eigenvalue weighted by Crippen LogP contribution is 2.27. The Balaban J connectivity index is 1.50. The van der Waals surface area contributed by atoms with Gasteiger partial charge < -0.3 is 20.5 Å². The third-order valence-corrected chi connectivity index (χ3v) is 6.37. The van der Waals surface area contributed by atoms with Crippen molar-refractivity contribution in [3.63, 3.8) is 0 Å². The predicted molar refractivity (Wildman–Crippen MR) is 113 cm³/mol. The van der Waals surface area contributed by atoms with Crippen LogP contribution in [0.3, 0.4) is 0 Å². The topological polar surface area (TPSA) is 87.1 Å². The number of carbonyl (C=O) groups excluding carboxylic acids is 1. The lowest BCUT2D eigenvalue weighted by Gasteiger charge is -2.27. The number of aryl methyl sites for hydroxylation is 2. The first kappa shape index (κ1) is 19.0. The van der Waals surface area contributed by atoms with Gasteiger partial charge in [0.25, 0.3) is 0 Å². The Morgan fingerprint density at radius 2 is 2.14 bits per heavy atom. The van der Waals surface area contributed by atoms with E-state index in [9.17, 15) is 4.79 Å². The van der Waals surface area contributed by atoms with Crippen molar-refractivity contribution in [1.29, 1.82) is 5.41 Å². The average Bonchev–Trinajstić information content (AvgIpc) is 3.44. The summed E-state index contributed by atoms with van der Waals surface area (Å²) >= 11 is 0. The minimum Gasteiger partial charge on any atom is -0.384 e. The summed E-state index contributed by atoms with van der Waals surface area (Å²) in [6.07, 6.45) is 6.28. The van der Waals surface area contributed by atoms with Gasteiger partial charge in [0.1, 0.15) is 5.84 Å². The second-order valence-electron chi connectivity index (χ2n) is 8.08. The summed E-state index contributed by atoms with van der Waals surface area (Å²) in [7, 11) is 0. The predicted octanol–water partition coefficient (Wildman–Crippen LogP) is 2.62. The van der Waals surface area contributed by atoms with Crippen molar-refractivity contribution in [3.8, 4) is 0 Å². The van der Waals surface area contributed by atoms with Crippen LogP contribution in [0.2, 0.25) is 0 Å². The van der Waals surface area contributed by atoms with E-state index >= 15 is 0 Å². The Morgan fingerprint density at radius 1 is 1.29 bits per heavy atom. The highest BCUT2D eigenvalue weighted by Gasteiger charge is 2.34. The van der Waals surface area contributed by atoms with Crippen LogP contribution in [0.5, 0.6) is 0 Å². The van der Waals surface area contributed by atoms with Crippen molar-refractivity contribution in [2.75, 3.05) is 13.1 Å². The molecule has 150 valence electrons. The van der Waals surface area contributed by atoms with Crippen LogP contribution >= 0.6 is 0 Å². The van der Waals surface area contributed by atoms with E-state index in [1.54, 1.807) is 0 Å². The van der Waals surface area contributed by atoms with Crippen molar-refractivity contribution >= 4 is 22.6 Å². The Morgan fingerprint density at radius 3 is 2.86 bits per heavy atom. The third kappa shape index (κ3) is 3.53. The molecule has 1 aromatic carbocycles. The van der Waals surface area contributed by atoms with Crippen LogP contribution in [-0.2, 0) is 17.8 Å². The van der Waals surface area contributed by atoms with Crippen molar-refractivity contribution in [2.24, 2.45) is 5.73 Å². The Kier molecular flexibility index (Phi) is 5.40. The Labute approximate surface area is 166 Å². The van der Waals surface area contributed by atoms with Crippen LogP contribution in [0.4, 0.5) is 0 Å². The summed E-state index contributed by atoms with van der Waals surface area (Å²) in [5.41, 5.74) is 8.88. The maximum absolute atomic E-state index is 12.9. The van der Waals surface area contributed by atoms with Gasteiger partial charge >= 0.3 is 0 Å². The first-order valence-corrected chi connectivity index (χ1v) is 10.6. The lowest BCUT2D eigenvalue weighted by molar-refractivity contribution is -0.134. The van der Waals surface area contributed by atoms with Gasteiger partial charge in [-0.3, -0.25) is 10.2 Å². The van der Waals surface area contributed by atoms with Gasteiger partial charge in [0.05, 0.1) is 6.04 Å². The number of rotatable bonds is 6. The van der Waals surface area contributed by atoms with Gasteiger partial charge in [0.15, 0.2) is 0 Å². The molecule has 2 saturated heterocycles. The molecule has 4 rings (SSSR count). The normalized spacial score (nSPS) is 22.2. The summed E-state index contributed by atoms with van der Waals surface area (Å²) in [6, 6.07) is 8.63. The summed E-state index contributed by atoms with van der Waals surface area (Å²) in [5, 5.41) is 12.2. The number of likely N-dealkylation sites (tertiary alicyclic amines) is 1. The van der Waals surface area contributed by atoms with Crippen LogP contribution in [0.1, 0.15) is 50.3 Å². The number of fused-ring (bicyclic) bond motifs is 1. The number of amides is 1. The van der Waals surface area contributed by atoms with Crippen LogP contribution in [0, 0.1) is 5.41 Å². The molecule has 2 aromatic rings. The van der Waals surface area contributed by atoms with Crippen molar-refractivity contribution < 1.29 is 4.79 Å². The number of hydrogen-bond acceptors (Lipinski definition) is 3. The molecule has 1 aromatic heterocycles. The molecular weight excluding hydrogens is 350 g/mol. The first-order valence-electron chi connectivity index (χ1n) is 10.6. The zero-order valence-corrected chi connectivity index (χ0v) is 16.7. The Hall–Kier alpha value is -2.34. The lowest BCUT2D eigenvalue weighted by Crippen LogP contribution is -2.45. The number of nitrogens with one attached hydrogen (secondary N) is 2. The fourth-order valence-electron chi connectivity index (χ4n) is 4.90. The van der Waals surface area contributed by atoms with Crippen molar-refractivity contribution in [3.05, 3.63) is 35.5 Å². The van der Waals surface area contributed by atoms with Crippen LogP contribution in [0.15, 0.2) is 24.3 Å². The van der Waals surface area contributed by atoms with E-state index in [0.717, 1.165) is 69.2 Å². The van der Waals surface area contributed by atoms with Crippen molar-refractivity contribution in [1.82, 2.24) is 14.8 Å². The van der Waals surface area contributed by atoms with Gasteiger partial charge in [-0.05, 0) is 69.5 Å². The number of nitrogen functional groups attached to an aromatic ring is 1. The number of hydrogen-bond donors (Lipinski definition) is 3. The molecule has 28 heavy (non-hydrogen) atoms. The number of aromatic nitrogens is 1. The molecule has 4 N–H and O–H groups in total. The monoisotopic (exact) mass is 381 g/mol. The molecule has 6 heteroatoms. The lowest BCUT2D eigenvalue weighted by atomic mass is 10.1. The van der Waals surface area contributed by atoms with E-state index in [4.69, 9.17) is 11.1 Å². The highest BCUT2D eigenvalue weighted by molar-refractivity contribution is 5.98. The number of carbonyl (C=O) groups is 1. The van der Waals surface area contributed by atoms with Gasteiger partial charge in [-0.15, -0.1) is 0 Å². The largest absolute Gasteiger partial charge is 0.384 e. The zero-order chi connectivity index (χ0) is 19.7. The third-order valence-electron chi connectivity index (χ3n) is 6.37. The minimum absolute atomic E-state index is 0.0349. The van der Waals surface area contributed by atoms with Crippen LogP contribution < -0.4 is 11.1 Å². The fourth-order valence-corrected chi connectivity index (χ4v) is 4.90. The molecule has 0 spiro atoms. The molecule has 2 unspecified atom stereocenters. The van der Waals surface area contributed by atoms with E-state index in [2.05, 4.69) is 33.8 Å². The minimum atomic E-state index is 0.0349. The van der Waals surface area contributed by atoms with E-state index < -0.39 is 0 Å². The maximum Gasteiger partial charge on any atom is 0.239 e. The molecule has 2 fully saturated rings.